The van der Waals surface area contributed by atoms with E-state index >= 15 is 0 Å². The number of thiophene rings is 2. The van der Waals surface area contributed by atoms with Crippen LogP contribution in [0.15, 0.2) is 112 Å². The minimum atomic E-state index is 1.15. The highest BCUT2D eigenvalue weighted by atomic mass is 79.9. The molecule has 0 fully saturated rings. The van der Waals surface area contributed by atoms with Gasteiger partial charge in [0.2, 0.25) is 0 Å². The fourth-order valence-corrected chi connectivity index (χ4v) is 9.66. The predicted octanol–water partition coefficient (Wildman–Crippen LogP) is 12.2. The van der Waals surface area contributed by atoms with Gasteiger partial charge in [0.25, 0.3) is 0 Å². The minimum absolute atomic E-state index is 1.15. The highest BCUT2D eigenvalue weighted by molar-refractivity contribution is 9.12. The van der Waals surface area contributed by atoms with E-state index in [-0.39, 0.29) is 0 Å². The summed E-state index contributed by atoms with van der Waals surface area (Å²) in [5.41, 5.74) is 5.05. The van der Waals surface area contributed by atoms with E-state index in [0.717, 1.165) is 7.57 Å². The van der Waals surface area contributed by atoms with Gasteiger partial charge in [-0.25, -0.2) is 0 Å². The van der Waals surface area contributed by atoms with Gasteiger partial charge in [-0.1, -0.05) is 84.9 Å². The summed E-state index contributed by atoms with van der Waals surface area (Å²) in [5.74, 6) is 0. The molecule has 168 valence electrons. The molecule has 0 spiro atoms. The fraction of sp³-hybridized carbons (Fsp3) is 0. The lowest BCUT2D eigenvalue weighted by atomic mass is 10.0. The Morgan fingerprint density at radius 3 is 1.18 bits per heavy atom. The summed E-state index contributed by atoms with van der Waals surface area (Å²) in [5, 5.41) is 5.14. The van der Waals surface area contributed by atoms with Crippen molar-refractivity contribution in [1.29, 1.82) is 0 Å². The van der Waals surface area contributed by atoms with Crippen LogP contribution in [0.2, 0.25) is 0 Å². The maximum Gasteiger partial charge on any atom is 0.0789 e. The molecule has 0 nitrogen and oxygen atoms in total. The monoisotopic (exact) mass is 732 g/mol. The van der Waals surface area contributed by atoms with Crippen molar-refractivity contribution in [2.24, 2.45) is 0 Å². The second-order valence-electron chi connectivity index (χ2n) is 7.53. The van der Waals surface area contributed by atoms with Crippen molar-refractivity contribution >= 4 is 108 Å². The third-order valence-corrected chi connectivity index (χ3v) is 10.2. The Kier molecular flexibility index (Phi) is 7.73. The molecule has 34 heavy (non-hydrogen) atoms. The highest BCUT2D eigenvalue weighted by Crippen LogP contribution is 2.42. The zero-order chi connectivity index (χ0) is 23.7. The van der Waals surface area contributed by atoms with Crippen LogP contribution in [-0.4, -0.2) is 0 Å². The van der Waals surface area contributed by atoms with Gasteiger partial charge in [0.1, 0.15) is 0 Å². The number of hydrogen-bond donors (Lipinski definition) is 0. The van der Waals surface area contributed by atoms with Crippen LogP contribution in [0.3, 0.4) is 0 Å². The maximum absolute atomic E-state index is 3.63. The van der Waals surface area contributed by atoms with E-state index in [1.54, 1.807) is 22.7 Å². The van der Waals surface area contributed by atoms with Crippen molar-refractivity contribution in [3.63, 3.8) is 0 Å². The van der Waals surface area contributed by atoms with Gasteiger partial charge in [0, 0.05) is 11.1 Å². The SMILES string of the molecule is Brc1cc(-c2cccc3ccccc23)c(Br)s1.Brc1cc(-c2cccc3ccccc23)c(Br)s1. The van der Waals surface area contributed by atoms with Crippen LogP contribution in [0.1, 0.15) is 0 Å². The lowest BCUT2D eigenvalue weighted by Gasteiger charge is -2.05. The van der Waals surface area contributed by atoms with Crippen molar-refractivity contribution in [3.05, 3.63) is 112 Å². The Morgan fingerprint density at radius 1 is 0.412 bits per heavy atom. The van der Waals surface area contributed by atoms with Crippen LogP contribution in [0, 0.1) is 0 Å². The van der Waals surface area contributed by atoms with Crippen molar-refractivity contribution < 1.29 is 0 Å². The molecule has 2 aromatic heterocycles. The van der Waals surface area contributed by atoms with E-state index in [9.17, 15) is 0 Å². The molecule has 6 heteroatoms. The molecular weight excluding hydrogens is 720 g/mol. The average molecular weight is 736 g/mol. The average Bonchev–Trinajstić information content (AvgIpc) is 3.37. The molecule has 6 aromatic rings. The van der Waals surface area contributed by atoms with E-state index in [4.69, 9.17) is 0 Å². The Bertz CT molecular complexity index is 1480. The number of rotatable bonds is 2. The zero-order valence-corrected chi connectivity index (χ0v) is 25.5. The summed E-state index contributed by atoms with van der Waals surface area (Å²) in [6.45, 7) is 0. The summed E-state index contributed by atoms with van der Waals surface area (Å²) in [4.78, 5) is 0. The first-order valence-electron chi connectivity index (χ1n) is 10.4. The summed E-state index contributed by atoms with van der Waals surface area (Å²) >= 11 is 17.7. The third kappa shape index (κ3) is 5.13. The van der Waals surface area contributed by atoms with E-state index in [1.807, 2.05) is 0 Å². The first-order chi connectivity index (χ1) is 16.5. The fourth-order valence-electron chi connectivity index (χ4n) is 3.97. The summed E-state index contributed by atoms with van der Waals surface area (Å²) in [6, 6.07) is 34.1. The van der Waals surface area contributed by atoms with Gasteiger partial charge in [-0.2, -0.15) is 0 Å². The second kappa shape index (κ2) is 10.8. The van der Waals surface area contributed by atoms with E-state index in [0.29, 0.717) is 0 Å². The normalized spacial score (nSPS) is 10.9. The lowest BCUT2D eigenvalue weighted by molar-refractivity contribution is 1.70. The van der Waals surface area contributed by atoms with Crippen molar-refractivity contribution in [2.75, 3.05) is 0 Å². The first-order valence-corrected chi connectivity index (χ1v) is 15.2. The second-order valence-corrected chi connectivity index (χ2v) is 15.0. The van der Waals surface area contributed by atoms with Gasteiger partial charge in [-0.3, -0.25) is 0 Å². The molecule has 0 aliphatic heterocycles. The van der Waals surface area contributed by atoms with Gasteiger partial charge in [0.15, 0.2) is 0 Å². The molecule has 0 unspecified atom stereocenters. The molecule has 0 radical (unpaired) electrons. The number of hydrogen-bond acceptors (Lipinski definition) is 2. The topological polar surface area (TPSA) is 0 Å². The van der Waals surface area contributed by atoms with Crippen LogP contribution in [0.4, 0.5) is 0 Å². The van der Waals surface area contributed by atoms with Gasteiger partial charge in [-0.15, -0.1) is 22.7 Å². The molecule has 0 bridgehead atoms. The Hall–Kier alpha value is -1.28. The van der Waals surface area contributed by atoms with Crippen LogP contribution < -0.4 is 0 Å². The molecule has 4 aromatic carbocycles. The molecule has 0 atom stereocenters. The highest BCUT2D eigenvalue weighted by Gasteiger charge is 2.11. The molecule has 0 saturated heterocycles. The van der Waals surface area contributed by atoms with E-state index < -0.39 is 0 Å². The largest absolute Gasteiger partial charge is 0.121 e. The van der Waals surface area contributed by atoms with Crippen LogP contribution >= 0.6 is 86.4 Å². The van der Waals surface area contributed by atoms with Gasteiger partial charge in [0.05, 0.1) is 15.1 Å². The molecule has 0 aliphatic carbocycles. The van der Waals surface area contributed by atoms with E-state index in [1.165, 1.54) is 51.4 Å². The van der Waals surface area contributed by atoms with Crippen LogP contribution in [0.25, 0.3) is 43.8 Å². The van der Waals surface area contributed by atoms with Crippen molar-refractivity contribution in [3.8, 4) is 22.3 Å². The summed E-state index contributed by atoms with van der Waals surface area (Å²) in [7, 11) is 0. The van der Waals surface area contributed by atoms with Gasteiger partial charge >= 0.3 is 0 Å². The Balaban J connectivity index is 0.000000142. The standard InChI is InChI=1S/2C14H8Br2S/c2*15-13-8-12(14(16)17-13)11-7-3-5-9-4-1-2-6-10(9)11/h2*1-8H. The summed E-state index contributed by atoms with van der Waals surface area (Å²) < 4.78 is 4.63. The lowest BCUT2D eigenvalue weighted by Crippen LogP contribution is -1.79. The first kappa shape index (κ1) is 24.4. The van der Waals surface area contributed by atoms with Gasteiger partial charge in [-0.05, 0) is 109 Å². The number of halogens is 4. The third-order valence-electron chi connectivity index (χ3n) is 5.47. The van der Waals surface area contributed by atoms with Gasteiger partial charge < -0.3 is 0 Å². The quantitative estimate of drug-likeness (QED) is 0.166. The number of fused-ring (bicyclic) bond motifs is 2. The van der Waals surface area contributed by atoms with Crippen molar-refractivity contribution in [1.82, 2.24) is 0 Å². The number of benzene rings is 4. The summed E-state index contributed by atoms with van der Waals surface area (Å²) in [6.07, 6.45) is 0. The smallest absolute Gasteiger partial charge is 0.0789 e. The molecular formula is C28H16Br4S2. The Morgan fingerprint density at radius 2 is 0.794 bits per heavy atom. The predicted molar refractivity (Wildman–Crippen MR) is 165 cm³/mol. The molecule has 0 aliphatic rings. The van der Waals surface area contributed by atoms with E-state index in [2.05, 4.69) is 161 Å². The molecule has 2 heterocycles. The van der Waals surface area contributed by atoms with Crippen LogP contribution in [-0.2, 0) is 0 Å². The molecule has 0 amide bonds. The van der Waals surface area contributed by atoms with Crippen LogP contribution in [0.5, 0.6) is 0 Å². The Labute approximate surface area is 240 Å². The molecule has 6 rings (SSSR count). The molecule has 0 N–H and O–H groups in total. The van der Waals surface area contributed by atoms with Crippen molar-refractivity contribution in [2.45, 2.75) is 0 Å². The minimum Gasteiger partial charge on any atom is -0.121 e. The molecule has 0 saturated carbocycles. The maximum atomic E-state index is 3.63. The zero-order valence-electron chi connectivity index (χ0n) is 17.6.